The Bertz CT molecular complexity index is 822. The van der Waals surface area contributed by atoms with Gasteiger partial charge in [-0.05, 0) is 33.3 Å². The number of hydrogen-bond acceptors (Lipinski definition) is 6. The van der Waals surface area contributed by atoms with E-state index >= 15 is 0 Å². The Balaban J connectivity index is 1.92. The number of aliphatic hydroxyl groups is 1. The van der Waals surface area contributed by atoms with Crippen LogP contribution in [0.2, 0.25) is 0 Å². The van der Waals surface area contributed by atoms with Crippen LogP contribution in [-0.4, -0.2) is 80.1 Å². The SMILES string of the molecule is CC[C@@H](CO)N1C(=O)[C@@H]2[C@H]3C(=O)OCC=C[C@@]3(C)S[C@@]23C=CCN(C(C)C)C(=O)C13. The van der Waals surface area contributed by atoms with Crippen molar-refractivity contribution < 1.29 is 24.2 Å². The molecule has 0 radical (unpaired) electrons. The summed E-state index contributed by atoms with van der Waals surface area (Å²) in [6.45, 7) is 8.19. The summed E-state index contributed by atoms with van der Waals surface area (Å²) in [5, 5.41) is 10.0. The summed E-state index contributed by atoms with van der Waals surface area (Å²) in [5.41, 5.74) is 0. The maximum Gasteiger partial charge on any atom is 0.311 e. The summed E-state index contributed by atoms with van der Waals surface area (Å²) < 4.78 is 3.89. The molecule has 4 heterocycles. The molecule has 2 fully saturated rings. The fraction of sp³-hybridized carbons (Fsp3) is 0.682. The van der Waals surface area contributed by atoms with E-state index in [1.807, 2.05) is 52.0 Å². The first-order valence-corrected chi connectivity index (χ1v) is 11.5. The predicted molar refractivity (Wildman–Crippen MR) is 114 cm³/mol. The van der Waals surface area contributed by atoms with Gasteiger partial charge in [-0.25, -0.2) is 0 Å². The molecule has 30 heavy (non-hydrogen) atoms. The fourth-order valence-corrected chi connectivity index (χ4v) is 7.72. The van der Waals surface area contributed by atoms with Crippen LogP contribution in [0.5, 0.6) is 0 Å². The monoisotopic (exact) mass is 434 g/mol. The summed E-state index contributed by atoms with van der Waals surface area (Å²) in [4.78, 5) is 44.0. The molecule has 7 nitrogen and oxygen atoms in total. The van der Waals surface area contributed by atoms with Gasteiger partial charge in [0.2, 0.25) is 11.8 Å². The number of carbonyl (C=O) groups is 3. The molecule has 1 unspecified atom stereocenters. The number of thioether (sulfide) groups is 1. The lowest BCUT2D eigenvalue weighted by Gasteiger charge is -2.40. The number of amides is 2. The van der Waals surface area contributed by atoms with Crippen LogP contribution in [0.1, 0.15) is 34.1 Å². The summed E-state index contributed by atoms with van der Waals surface area (Å²) in [6, 6.07) is -1.26. The number of hydrogen-bond donors (Lipinski definition) is 1. The standard InChI is InChI=1S/C22H30N2O5S/c1-5-14(12-25)24-17-19(27)23(13(2)3)10-6-9-22(17)15(18(24)26)16-20(28)29-11-7-8-21(16,4)30-22/h6-9,13-17,25H,5,10-12H2,1-4H3/t14-,15-,16-,17?,21+,22-/m0/s1. The number of aliphatic hydroxyl groups excluding tert-OH is 1. The zero-order chi connectivity index (χ0) is 21.8. The first-order valence-electron chi connectivity index (χ1n) is 10.7. The largest absolute Gasteiger partial charge is 0.461 e. The molecule has 164 valence electrons. The Labute approximate surface area is 181 Å². The van der Waals surface area contributed by atoms with Crippen LogP contribution in [0.4, 0.5) is 0 Å². The molecule has 0 aromatic heterocycles. The number of cyclic esters (lactones) is 1. The van der Waals surface area contributed by atoms with Gasteiger partial charge in [0.05, 0.1) is 29.2 Å². The lowest BCUT2D eigenvalue weighted by molar-refractivity contribution is -0.153. The van der Waals surface area contributed by atoms with Crippen LogP contribution in [0.25, 0.3) is 0 Å². The number of esters is 1. The van der Waals surface area contributed by atoms with Crippen molar-refractivity contribution >= 4 is 29.5 Å². The summed E-state index contributed by atoms with van der Waals surface area (Å²) in [7, 11) is 0. The smallest absolute Gasteiger partial charge is 0.311 e. The third-order valence-corrected chi connectivity index (χ3v) is 8.78. The second-order valence-corrected chi connectivity index (χ2v) is 10.8. The molecular weight excluding hydrogens is 404 g/mol. The summed E-state index contributed by atoms with van der Waals surface area (Å²) >= 11 is 1.53. The average molecular weight is 435 g/mol. The van der Waals surface area contributed by atoms with Crippen molar-refractivity contribution in [3.05, 3.63) is 24.3 Å². The van der Waals surface area contributed by atoms with Crippen molar-refractivity contribution in [2.75, 3.05) is 19.8 Å². The Morgan fingerprint density at radius 1 is 1.20 bits per heavy atom. The van der Waals surface area contributed by atoms with Crippen LogP contribution < -0.4 is 0 Å². The summed E-state index contributed by atoms with van der Waals surface area (Å²) in [5.74, 6) is -2.14. The average Bonchev–Trinajstić information content (AvgIpc) is 2.94. The van der Waals surface area contributed by atoms with E-state index in [1.165, 1.54) is 11.8 Å². The number of fused-ring (bicyclic) bond motifs is 2. The quantitative estimate of drug-likeness (QED) is 0.531. The van der Waals surface area contributed by atoms with Crippen LogP contribution in [0.15, 0.2) is 24.3 Å². The van der Waals surface area contributed by atoms with E-state index in [0.717, 1.165) is 0 Å². The molecule has 6 atom stereocenters. The van der Waals surface area contributed by atoms with Gasteiger partial charge in [0.15, 0.2) is 0 Å². The van der Waals surface area contributed by atoms with E-state index in [1.54, 1.807) is 9.80 Å². The molecule has 2 saturated heterocycles. The van der Waals surface area contributed by atoms with Crippen LogP contribution in [0, 0.1) is 11.8 Å². The molecule has 4 aliphatic rings. The molecule has 0 aliphatic carbocycles. The number of carbonyl (C=O) groups excluding carboxylic acids is 3. The second-order valence-electron chi connectivity index (χ2n) is 9.01. The Morgan fingerprint density at radius 2 is 1.93 bits per heavy atom. The molecular formula is C22H30N2O5S. The van der Waals surface area contributed by atoms with Crippen LogP contribution >= 0.6 is 11.8 Å². The van der Waals surface area contributed by atoms with E-state index in [0.29, 0.717) is 13.0 Å². The minimum atomic E-state index is -0.874. The maximum atomic E-state index is 13.9. The highest BCUT2D eigenvalue weighted by molar-refractivity contribution is 8.02. The van der Waals surface area contributed by atoms with E-state index < -0.39 is 39.4 Å². The van der Waals surface area contributed by atoms with Crippen molar-refractivity contribution in [1.29, 1.82) is 0 Å². The van der Waals surface area contributed by atoms with Gasteiger partial charge in [0, 0.05) is 17.3 Å². The van der Waals surface area contributed by atoms with E-state index in [-0.39, 0.29) is 31.1 Å². The highest BCUT2D eigenvalue weighted by Crippen LogP contribution is 2.65. The minimum Gasteiger partial charge on any atom is -0.461 e. The van der Waals surface area contributed by atoms with Gasteiger partial charge in [-0.1, -0.05) is 25.2 Å². The van der Waals surface area contributed by atoms with Gasteiger partial charge in [0.1, 0.15) is 12.6 Å². The summed E-state index contributed by atoms with van der Waals surface area (Å²) in [6.07, 6.45) is 8.25. The van der Waals surface area contributed by atoms with E-state index in [4.69, 9.17) is 4.74 Å². The third kappa shape index (κ3) is 2.79. The third-order valence-electron chi connectivity index (χ3n) is 6.98. The number of nitrogens with zero attached hydrogens (tertiary/aromatic N) is 2. The topological polar surface area (TPSA) is 87.2 Å². The molecule has 1 N–H and O–H groups in total. The Hall–Kier alpha value is -1.80. The van der Waals surface area contributed by atoms with Crippen molar-refractivity contribution in [2.45, 2.75) is 61.7 Å². The van der Waals surface area contributed by atoms with Crippen LogP contribution in [-0.2, 0) is 19.1 Å². The molecule has 8 heteroatoms. The predicted octanol–water partition coefficient (Wildman–Crippen LogP) is 1.36. The molecule has 4 rings (SSSR count). The van der Waals surface area contributed by atoms with Crippen LogP contribution in [0.3, 0.4) is 0 Å². The van der Waals surface area contributed by atoms with Gasteiger partial charge < -0.3 is 19.6 Å². The molecule has 0 bridgehead atoms. The Morgan fingerprint density at radius 3 is 2.57 bits per heavy atom. The maximum absolute atomic E-state index is 13.9. The van der Waals surface area contributed by atoms with Crippen molar-refractivity contribution in [2.24, 2.45) is 11.8 Å². The van der Waals surface area contributed by atoms with Crippen molar-refractivity contribution in [3.8, 4) is 0 Å². The van der Waals surface area contributed by atoms with Crippen molar-refractivity contribution in [1.82, 2.24) is 9.80 Å². The molecule has 0 aromatic carbocycles. The molecule has 1 spiro atoms. The highest BCUT2D eigenvalue weighted by atomic mass is 32.2. The zero-order valence-corrected chi connectivity index (χ0v) is 18.7. The van der Waals surface area contributed by atoms with Crippen molar-refractivity contribution in [3.63, 3.8) is 0 Å². The first kappa shape index (κ1) is 21.4. The second kappa shape index (κ2) is 7.41. The van der Waals surface area contributed by atoms with Gasteiger partial charge >= 0.3 is 5.97 Å². The molecule has 2 amide bonds. The number of likely N-dealkylation sites (tertiary alicyclic amines) is 1. The van der Waals surface area contributed by atoms with Gasteiger partial charge in [0.25, 0.3) is 0 Å². The zero-order valence-electron chi connectivity index (χ0n) is 17.9. The number of rotatable bonds is 4. The first-order chi connectivity index (χ1) is 14.2. The van der Waals surface area contributed by atoms with Gasteiger partial charge in [-0.15, -0.1) is 11.8 Å². The highest BCUT2D eigenvalue weighted by Gasteiger charge is 2.74. The molecule has 0 saturated carbocycles. The number of ether oxygens (including phenoxy) is 1. The van der Waals surface area contributed by atoms with Gasteiger partial charge in [-0.3, -0.25) is 14.4 Å². The lowest BCUT2D eigenvalue weighted by atomic mass is 9.75. The Kier molecular flexibility index (Phi) is 5.29. The lowest BCUT2D eigenvalue weighted by Crippen LogP contribution is -2.57. The van der Waals surface area contributed by atoms with E-state index in [2.05, 4.69) is 0 Å². The van der Waals surface area contributed by atoms with E-state index in [9.17, 15) is 19.5 Å². The molecule has 4 aliphatic heterocycles. The fourth-order valence-electron chi connectivity index (χ4n) is 5.58. The normalized spacial score (nSPS) is 38.9. The van der Waals surface area contributed by atoms with Gasteiger partial charge in [-0.2, -0.15) is 0 Å². The minimum absolute atomic E-state index is 0.0279. The molecule has 0 aromatic rings.